The molecule has 0 saturated carbocycles. The summed E-state index contributed by atoms with van der Waals surface area (Å²) in [5.74, 6) is -1.08. The first-order valence-electron chi connectivity index (χ1n) is 13.5. The van der Waals surface area contributed by atoms with Crippen LogP contribution in [0.1, 0.15) is 65.8 Å². The van der Waals surface area contributed by atoms with Gasteiger partial charge in [-0.05, 0) is 81.8 Å². The Kier molecular flexibility index (Phi) is 10.5. The van der Waals surface area contributed by atoms with Crippen LogP contribution in [0, 0.1) is 33.6 Å². The number of allylic oxidation sites excluding steroid dienone is 1. The van der Waals surface area contributed by atoms with Crippen molar-refractivity contribution in [2.24, 2.45) is 5.92 Å². The van der Waals surface area contributed by atoms with Crippen molar-refractivity contribution in [2.75, 3.05) is 0 Å². The Hall–Kier alpha value is -3.21. The molecule has 0 aliphatic carbocycles. The van der Waals surface area contributed by atoms with Gasteiger partial charge in [-0.1, -0.05) is 84.4 Å². The highest BCUT2D eigenvalue weighted by atomic mass is 16.5. The van der Waals surface area contributed by atoms with E-state index in [1.807, 2.05) is 37.3 Å². The standard InChI is InChI=1S/C34H43NO3/c1-8-14-32(36)27(6)34(37)38-33(29-16-10-9-11-17-29)28(7)35(21-30-18-13-12-15-24(30)3)22-31-25(4)19-23(2)20-26(31)5/h8-20,27-28,32-33,36H,21-22H2,1-7H3/b14-8+/t27-,28+,32+,33+/m1/s1. The molecule has 0 aliphatic heterocycles. The molecule has 4 heteroatoms. The third-order valence-corrected chi connectivity index (χ3v) is 7.50. The van der Waals surface area contributed by atoms with Gasteiger partial charge in [-0.25, -0.2) is 0 Å². The fraction of sp³-hybridized carbons (Fsp3) is 0.382. The van der Waals surface area contributed by atoms with Gasteiger partial charge in [0.05, 0.1) is 12.0 Å². The SMILES string of the molecule is C/C=C/[C@H](O)[C@@H](C)C(=O)O[C@H](c1ccccc1)[C@H](C)N(Cc1ccccc1C)Cc1c(C)cc(C)cc1C. The Morgan fingerprint density at radius 1 is 0.895 bits per heavy atom. The van der Waals surface area contributed by atoms with E-state index in [1.165, 1.54) is 33.4 Å². The van der Waals surface area contributed by atoms with E-state index in [9.17, 15) is 9.90 Å². The van der Waals surface area contributed by atoms with Crippen LogP contribution >= 0.6 is 0 Å². The van der Waals surface area contributed by atoms with E-state index in [1.54, 1.807) is 19.1 Å². The van der Waals surface area contributed by atoms with Gasteiger partial charge < -0.3 is 9.84 Å². The molecule has 0 amide bonds. The first kappa shape index (κ1) is 29.3. The zero-order chi connectivity index (χ0) is 27.8. The molecule has 0 aromatic heterocycles. The van der Waals surface area contributed by atoms with Crippen LogP contribution < -0.4 is 0 Å². The van der Waals surface area contributed by atoms with Gasteiger partial charge in [-0.15, -0.1) is 0 Å². The number of carbonyl (C=O) groups is 1. The number of ether oxygens (including phenoxy) is 1. The highest BCUT2D eigenvalue weighted by molar-refractivity contribution is 5.73. The summed E-state index contributed by atoms with van der Waals surface area (Å²) in [6, 6.07) is 22.7. The van der Waals surface area contributed by atoms with Crippen LogP contribution in [0.4, 0.5) is 0 Å². The average Bonchev–Trinajstić information content (AvgIpc) is 2.89. The second-order valence-corrected chi connectivity index (χ2v) is 10.5. The van der Waals surface area contributed by atoms with Crippen LogP contribution in [0.3, 0.4) is 0 Å². The van der Waals surface area contributed by atoms with Gasteiger partial charge in [0.2, 0.25) is 0 Å². The number of carbonyl (C=O) groups excluding carboxylic acids is 1. The Labute approximate surface area is 229 Å². The van der Waals surface area contributed by atoms with Gasteiger partial charge in [0.1, 0.15) is 6.10 Å². The summed E-state index contributed by atoms with van der Waals surface area (Å²) in [4.78, 5) is 15.7. The van der Waals surface area contributed by atoms with Crippen LogP contribution in [0.5, 0.6) is 0 Å². The highest BCUT2D eigenvalue weighted by Gasteiger charge is 2.32. The molecule has 0 radical (unpaired) electrons. The van der Waals surface area contributed by atoms with Crippen molar-refractivity contribution < 1.29 is 14.6 Å². The predicted octanol–water partition coefficient (Wildman–Crippen LogP) is 7.17. The average molecular weight is 514 g/mol. The van der Waals surface area contributed by atoms with E-state index in [4.69, 9.17) is 4.74 Å². The van der Waals surface area contributed by atoms with Gasteiger partial charge >= 0.3 is 5.97 Å². The Bertz CT molecular complexity index is 1210. The molecule has 38 heavy (non-hydrogen) atoms. The monoisotopic (exact) mass is 513 g/mol. The lowest BCUT2D eigenvalue weighted by atomic mass is 9.96. The molecule has 202 valence electrons. The molecule has 0 aliphatic rings. The molecular weight excluding hydrogens is 470 g/mol. The molecular formula is C34H43NO3. The summed E-state index contributed by atoms with van der Waals surface area (Å²) in [6.45, 7) is 15.7. The summed E-state index contributed by atoms with van der Waals surface area (Å²) in [5.41, 5.74) is 8.50. The quantitative estimate of drug-likeness (QED) is 0.218. The lowest BCUT2D eigenvalue weighted by molar-refractivity contribution is -0.160. The van der Waals surface area contributed by atoms with E-state index in [-0.39, 0.29) is 6.04 Å². The number of aryl methyl sites for hydroxylation is 4. The van der Waals surface area contributed by atoms with Crippen molar-refractivity contribution in [1.29, 1.82) is 0 Å². The summed E-state index contributed by atoms with van der Waals surface area (Å²) >= 11 is 0. The number of esters is 1. The maximum atomic E-state index is 13.3. The predicted molar refractivity (Wildman–Crippen MR) is 156 cm³/mol. The van der Waals surface area contributed by atoms with Gasteiger partial charge in [0, 0.05) is 19.1 Å². The van der Waals surface area contributed by atoms with E-state index < -0.39 is 24.1 Å². The molecule has 3 aromatic rings. The lowest BCUT2D eigenvalue weighted by Gasteiger charge is -2.36. The maximum Gasteiger partial charge on any atom is 0.312 e. The first-order chi connectivity index (χ1) is 18.1. The van der Waals surface area contributed by atoms with Crippen molar-refractivity contribution in [3.8, 4) is 0 Å². The molecule has 1 N–H and O–H groups in total. The smallest absolute Gasteiger partial charge is 0.312 e. The molecule has 0 unspecified atom stereocenters. The molecule has 0 fully saturated rings. The maximum absolute atomic E-state index is 13.3. The largest absolute Gasteiger partial charge is 0.456 e. The minimum absolute atomic E-state index is 0.132. The van der Waals surface area contributed by atoms with Gasteiger partial charge in [-0.3, -0.25) is 9.69 Å². The fourth-order valence-corrected chi connectivity index (χ4v) is 5.03. The summed E-state index contributed by atoms with van der Waals surface area (Å²) in [6.07, 6.45) is 1.99. The third kappa shape index (κ3) is 7.43. The Morgan fingerprint density at radius 2 is 1.50 bits per heavy atom. The molecule has 4 atom stereocenters. The van der Waals surface area contributed by atoms with Crippen LogP contribution in [0.2, 0.25) is 0 Å². The van der Waals surface area contributed by atoms with Crippen molar-refractivity contribution >= 4 is 5.97 Å². The van der Waals surface area contributed by atoms with Crippen LogP contribution in [0.15, 0.2) is 78.9 Å². The summed E-state index contributed by atoms with van der Waals surface area (Å²) in [7, 11) is 0. The van der Waals surface area contributed by atoms with Crippen molar-refractivity contribution in [3.63, 3.8) is 0 Å². The first-order valence-corrected chi connectivity index (χ1v) is 13.5. The summed E-state index contributed by atoms with van der Waals surface area (Å²) in [5, 5.41) is 10.4. The van der Waals surface area contributed by atoms with Gasteiger partial charge in [-0.2, -0.15) is 0 Å². The van der Waals surface area contributed by atoms with Gasteiger partial charge in [0.25, 0.3) is 0 Å². The van der Waals surface area contributed by atoms with E-state index in [0.29, 0.717) is 0 Å². The van der Waals surface area contributed by atoms with E-state index in [2.05, 4.69) is 75.9 Å². The zero-order valence-corrected chi connectivity index (χ0v) is 23.9. The number of rotatable bonds is 11. The molecule has 0 spiro atoms. The van der Waals surface area contributed by atoms with Crippen LogP contribution in [0.25, 0.3) is 0 Å². The highest BCUT2D eigenvalue weighted by Crippen LogP contribution is 2.31. The van der Waals surface area contributed by atoms with Crippen molar-refractivity contribution in [1.82, 2.24) is 4.90 Å². The number of benzene rings is 3. The second-order valence-electron chi connectivity index (χ2n) is 10.5. The minimum atomic E-state index is -0.889. The number of hydrogen-bond donors (Lipinski definition) is 1. The van der Waals surface area contributed by atoms with Crippen molar-refractivity contribution in [2.45, 2.75) is 79.8 Å². The second kappa shape index (κ2) is 13.5. The number of aliphatic hydroxyl groups excluding tert-OH is 1. The van der Waals surface area contributed by atoms with Crippen LogP contribution in [-0.2, 0) is 22.6 Å². The minimum Gasteiger partial charge on any atom is -0.456 e. The van der Waals surface area contributed by atoms with Crippen molar-refractivity contribution in [3.05, 3.63) is 118 Å². The third-order valence-electron chi connectivity index (χ3n) is 7.50. The molecule has 4 nitrogen and oxygen atoms in total. The topological polar surface area (TPSA) is 49.8 Å². The Morgan fingerprint density at radius 3 is 2.11 bits per heavy atom. The Balaban J connectivity index is 2.02. The molecule has 0 saturated heterocycles. The van der Waals surface area contributed by atoms with Gasteiger partial charge in [0.15, 0.2) is 0 Å². The van der Waals surface area contributed by atoms with E-state index >= 15 is 0 Å². The lowest BCUT2D eigenvalue weighted by Crippen LogP contribution is -2.40. The molecule has 0 heterocycles. The van der Waals surface area contributed by atoms with E-state index in [0.717, 1.165) is 18.7 Å². The number of hydrogen-bond acceptors (Lipinski definition) is 4. The molecule has 3 rings (SSSR count). The number of aliphatic hydroxyl groups is 1. The zero-order valence-electron chi connectivity index (χ0n) is 23.9. The normalized spacial score (nSPS) is 14.9. The fourth-order valence-electron chi connectivity index (χ4n) is 5.03. The molecule has 0 bridgehead atoms. The number of nitrogens with zero attached hydrogens (tertiary/aromatic N) is 1. The molecule has 3 aromatic carbocycles. The van der Waals surface area contributed by atoms with Crippen LogP contribution in [-0.4, -0.2) is 28.1 Å². The summed E-state index contributed by atoms with van der Waals surface area (Å²) < 4.78 is 6.22.